The average molecular weight is 506 g/mol. The molecule has 0 saturated heterocycles. The van der Waals surface area contributed by atoms with Crippen molar-refractivity contribution in [3.8, 4) is 11.5 Å². The molecule has 1 atom stereocenters. The van der Waals surface area contributed by atoms with Gasteiger partial charge in [0, 0.05) is 17.8 Å². The Morgan fingerprint density at radius 2 is 1.28 bits per heavy atom. The van der Waals surface area contributed by atoms with E-state index in [0.717, 1.165) is 24.3 Å². The Bertz CT molecular complexity index is 1320. The van der Waals surface area contributed by atoms with Crippen LogP contribution in [0.1, 0.15) is 23.1 Å². The summed E-state index contributed by atoms with van der Waals surface area (Å²) < 4.78 is 92.8. The van der Waals surface area contributed by atoms with Gasteiger partial charge in [0.1, 0.15) is 22.8 Å². The standard InChI is InChI=1S/C26H20F6N2O2/c27-25(28,29)20-14-17(33)6-8-22(20)35-19-10-12-24(13-11-19,16-4-2-1-3-5-16)36-23-9-7-18(34)15-21(23)26(30,31)32/h1-12,14-15H,13,33-34H2. The Kier molecular flexibility index (Phi) is 6.38. The van der Waals surface area contributed by atoms with Crippen molar-refractivity contribution in [2.75, 3.05) is 11.5 Å². The highest BCUT2D eigenvalue weighted by atomic mass is 19.4. The molecule has 1 aliphatic rings. The minimum Gasteiger partial charge on any atom is -0.477 e. The number of ether oxygens (including phenoxy) is 2. The van der Waals surface area contributed by atoms with Crippen LogP contribution < -0.4 is 20.9 Å². The first-order chi connectivity index (χ1) is 16.9. The minimum atomic E-state index is -4.73. The van der Waals surface area contributed by atoms with Crippen molar-refractivity contribution in [3.05, 3.63) is 107 Å². The maximum absolute atomic E-state index is 13.7. The summed E-state index contributed by atoms with van der Waals surface area (Å²) in [5.41, 5.74) is 7.94. The molecule has 0 bridgehead atoms. The maximum Gasteiger partial charge on any atom is 0.420 e. The van der Waals surface area contributed by atoms with Gasteiger partial charge in [0.15, 0.2) is 5.60 Å². The molecule has 0 spiro atoms. The van der Waals surface area contributed by atoms with Gasteiger partial charge in [0.05, 0.1) is 5.56 Å². The van der Waals surface area contributed by atoms with E-state index in [1.165, 1.54) is 30.4 Å². The molecule has 1 unspecified atom stereocenters. The second-order valence-electron chi connectivity index (χ2n) is 8.11. The summed E-state index contributed by atoms with van der Waals surface area (Å²) in [6, 6.07) is 14.8. The van der Waals surface area contributed by atoms with E-state index in [0.29, 0.717) is 5.56 Å². The molecule has 3 aromatic rings. The summed E-state index contributed by atoms with van der Waals surface area (Å²) in [4.78, 5) is 0. The first kappa shape index (κ1) is 25.0. The van der Waals surface area contributed by atoms with E-state index in [1.807, 2.05) is 0 Å². The van der Waals surface area contributed by atoms with E-state index < -0.39 is 40.6 Å². The zero-order valence-electron chi connectivity index (χ0n) is 18.5. The van der Waals surface area contributed by atoms with E-state index in [-0.39, 0.29) is 23.6 Å². The zero-order chi connectivity index (χ0) is 26.1. The lowest BCUT2D eigenvalue weighted by atomic mass is 9.86. The third-order valence-electron chi connectivity index (χ3n) is 5.52. The number of nitrogens with two attached hydrogens (primary N) is 2. The number of anilines is 2. The topological polar surface area (TPSA) is 70.5 Å². The number of hydrogen-bond donors (Lipinski definition) is 2. The molecule has 0 aromatic heterocycles. The average Bonchev–Trinajstić information content (AvgIpc) is 2.82. The first-order valence-electron chi connectivity index (χ1n) is 10.6. The lowest BCUT2D eigenvalue weighted by Gasteiger charge is -2.34. The lowest BCUT2D eigenvalue weighted by molar-refractivity contribution is -0.140. The number of alkyl halides is 6. The Labute approximate surface area is 202 Å². The van der Waals surface area contributed by atoms with Crippen LogP contribution in [-0.4, -0.2) is 0 Å². The van der Waals surface area contributed by atoms with Gasteiger partial charge in [-0.15, -0.1) is 0 Å². The highest BCUT2D eigenvalue weighted by Gasteiger charge is 2.40. The van der Waals surface area contributed by atoms with Crippen molar-refractivity contribution in [1.29, 1.82) is 0 Å². The van der Waals surface area contributed by atoms with Gasteiger partial charge in [0.25, 0.3) is 0 Å². The van der Waals surface area contributed by atoms with Gasteiger partial charge in [0.2, 0.25) is 0 Å². The van der Waals surface area contributed by atoms with E-state index in [4.69, 9.17) is 20.9 Å². The largest absolute Gasteiger partial charge is 0.477 e. The van der Waals surface area contributed by atoms with Crippen LogP contribution >= 0.6 is 0 Å². The van der Waals surface area contributed by atoms with Crippen molar-refractivity contribution >= 4 is 11.4 Å². The van der Waals surface area contributed by atoms with Crippen LogP contribution in [0, 0.1) is 0 Å². The Morgan fingerprint density at radius 3 is 1.81 bits per heavy atom. The summed E-state index contributed by atoms with van der Waals surface area (Å²) in [7, 11) is 0. The predicted molar refractivity (Wildman–Crippen MR) is 123 cm³/mol. The van der Waals surface area contributed by atoms with E-state index in [9.17, 15) is 26.3 Å². The van der Waals surface area contributed by atoms with Crippen LogP contribution in [0.4, 0.5) is 37.7 Å². The molecule has 0 saturated carbocycles. The van der Waals surface area contributed by atoms with Gasteiger partial charge >= 0.3 is 12.4 Å². The normalized spacial score (nSPS) is 18.0. The van der Waals surface area contributed by atoms with Crippen molar-refractivity contribution in [1.82, 2.24) is 0 Å². The molecule has 36 heavy (non-hydrogen) atoms. The van der Waals surface area contributed by atoms with Crippen LogP contribution in [-0.2, 0) is 18.0 Å². The second kappa shape index (κ2) is 9.18. The molecule has 0 fully saturated rings. The summed E-state index contributed by atoms with van der Waals surface area (Å²) in [5.74, 6) is -0.840. The van der Waals surface area contributed by atoms with E-state index >= 15 is 0 Å². The van der Waals surface area contributed by atoms with Crippen LogP contribution in [0.25, 0.3) is 0 Å². The summed E-state index contributed by atoms with van der Waals surface area (Å²) in [5, 5.41) is 0. The van der Waals surface area contributed by atoms with Crippen molar-refractivity contribution in [3.63, 3.8) is 0 Å². The maximum atomic E-state index is 13.7. The molecule has 0 aliphatic heterocycles. The molecule has 188 valence electrons. The van der Waals surface area contributed by atoms with Crippen LogP contribution in [0.3, 0.4) is 0 Å². The van der Waals surface area contributed by atoms with Gasteiger partial charge in [-0.3, -0.25) is 0 Å². The fourth-order valence-electron chi connectivity index (χ4n) is 3.79. The number of allylic oxidation sites excluding steroid dienone is 1. The van der Waals surface area contributed by atoms with Crippen LogP contribution in [0.15, 0.2) is 90.7 Å². The number of halogens is 6. The molecule has 4 rings (SSSR count). The molecule has 10 heteroatoms. The molecule has 0 radical (unpaired) electrons. The molecular weight excluding hydrogens is 486 g/mol. The molecule has 4 N–H and O–H groups in total. The Hall–Kier alpha value is -4.08. The molecule has 1 aliphatic carbocycles. The van der Waals surface area contributed by atoms with E-state index in [1.54, 1.807) is 30.3 Å². The fourth-order valence-corrected chi connectivity index (χ4v) is 3.79. The molecule has 0 heterocycles. The predicted octanol–water partition coefficient (Wildman–Crippen LogP) is 7.09. The minimum absolute atomic E-state index is 0.0269. The SMILES string of the molecule is Nc1ccc(OC2=CCC(Oc3ccc(N)cc3C(F)(F)F)(c3ccccc3)C=C2)c(C(F)(F)F)c1. The van der Waals surface area contributed by atoms with Gasteiger partial charge in [-0.05, 0) is 60.2 Å². The first-order valence-corrected chi connectivity index (χ1v) is 10.6. The number of nitrogen functional groups attached to an aromatic ring is 2. The van der Waals surface area contributed by atoms with Gasteiger partial charge in [-0.1, -0.05) is 30.3 Å². The third kappa shape index (κ3) is 5.27. The Morgan fingerprint density at radius 1 is 0.722 bits per heavy atom. The van der Waals surface area contributed by atoms with Gasteiger partial charge in [-0.2, -0.15) is 26.3 Å². The van der Waals surface area contributed by atoms with Gasteiger partial charge in [-0.25, -0.2) is 0 Å². The van der Waals surface area contributed by atoms with Gasteiger partial charge < -0.3 is 20.9 Å². The zero-order valence-corrected chi connectivity index (χ0v) is 18.5. The van der Waals surface area contributed by atoms with Crippen molar-refractivity contribution in [2.24, 2.45) is 0 Å². The highest BCUT2D eigenvalue weighted by molar-refractivity contribution is 5.52. The smallest absolute Gasteiger partial charge is 0.420 e. The van der Waals surface area contributed by atoms with Crippen LogP contribution in [0.2, 0.25) is 0 Å². The summed E-state index contributed by atoms with van der Waals surface area (Å²) in [6.45, 7) is 0. The number of benzene rings is 3. The number of rotatable bonds is 5. The van der Waals surface area contributed by atoms with Crippen LogP contribution in [0.5, 0.6) is 11.5 Å². The second-order valence-corrected chi connectivity index (χ2v) is 8.11. The molecular formula is C26H20F6N2O2. The number of hydrogen-bond acceptors (Lipinski definition) is 4. The third-order valence-corrected chi connectivity index (χ3v) is 5.52. The lowest BCUT2D eigenvalue weighted by Crippen LogP contribution is -2.33. The summed E-state index contributed by atoms with van der Waals surface area (Å²) in [6.07, 6.45) is -5.19. The highest BCUT2D eigenvalue weighted by Crippen LogP contribution is 2.44. The quantitative estimate of drug-likeness (QED) is 0.286. The summed E-state index contributed by atoms with van der Waals surface area (Å²) >= 11 is 0. The molecule has 4 nitrogen and oxygen atoms in total. The van der Waals surface area contributed by atoms with Crippen molar-refractivity contribution < 1.29 is 35.8 Å². The Balaban J connectivity index is 1.69. The molecule has 0 amide bonds. The van der Waals surface area contributed by atoms with Crippen molar-refractivity contribution in [2.45, 2.75) is 24.4 Å². The monoisotopic (exact) mass is 506 g/mol. The van der Waals surface area contributed by atoms with E-state index in [2.05, 4.69) is 0 Å². The fraction of sp³-hybridized carbons (Fsp3) is 0.154. The molecule has 3 aromatic carbocycles.